The predicted octanol–water partition coefficient (Wildman–Crippen LogP) is 3.17. The second-order valence-corrected chi connectivity index (χ2v) is 9.24. The van der Waals surface area contributed by atoms with Crippen LogP contribution >= 0.6 is 11.3 Å². The topological polar surface area (TPSA) is 70.0 Å². The minimum atomic E-state index is -1.45. The molecule has 0 amide bonds. The minimum Gasteiger partial charge on any atom is -0.360 e. The number of fused-ring (bicyclic) bond motifs is 2. The maximum Gasteiger partial charge on any atom is 0.225 e. The molecule has 1 aromatic rings. The zero-order valence-electron chi connectivity index (χ0n) is 14.8. The highest BCUT2D eigenvalue weighted by Gasteiger charge is 2.72. The van der Waals surface area contributed by atoms with Gasteiger partial charge in [-0.15, -0.1) is 11.3 Å². The van der Waals surface area contributed by atoms with Gasteiger partial charge in [-0.3, -0.25) is 0 Å². The van der Waals surface area contributed by atoms with Crippen LogP contribution in [0, 0.1) is 23.7 Å². The Hall–Kier alpha value is -0.570. The lowest BCUT2D eigenvalue weighted by Gasteiger charge is -2.61. The van der Waals surface area contributed by atoms with Gasteiger partial charge in [0.15, 0.2) is 16.9 Å². The first kappa shape index (κ1) is 16.6. The summed E-state index contributed by atoms with van der Waals surface area (Å²) in [5.41, 5.74) is -0.656. The zero-order valence-corrected chi connectivity index (χ0v) is 15.6. The quantitative estimate of drug-likeness (QED) is 0.769. The lowest BCUT2D eigenvalue weighted by atomic mass is 9.57. The Morgan fingerprint density at radius 3 is 2.76 bits per heavy atom. The molecular formula is C18H25NO5S. The number of hydrogen-bond donors (Lipinski definition) is 1. The van der Waals surface area contributed by atoms with Crippen molar-refractivity contribution < 1.29 is 24.4 Å². The Morgan fingerprint density at radius 1 is 1.16 bits per heavy atom. The predicted molar refractivity (Wildman–Crippen MR) is 89.1 cm³/mol. The Kier molecular flexibility index (Phi) is 3.48. The SMILES string of the molecule is CC1C2CC[C@@H](C)C3CCC4(C)OO[C@@]23C(O4)OC1(O)c1nccs1. The molecule has 6 rings (SSSR count). The van der Waals surface area contributed by atoms with Gasteiger partial charge in [-0.05, 0) is 38.0 Å². The fourth-order valence-corrected chi connectivity index (χ4v) is 6.35. The number of thiazole rings is 1. The van der Waals surface area contributed by atoms with Gasteiger partial charge in [-0.25, -0.2) is 14.8 Å². The molecule has 1 saturated carbocycles. The highest BCUT2D eigenvalue weighted by atomic mass is 32.1. The van der Waals surface area contributed by atoms with Gasteiger partial charge in [-0.2, -0.15) is 0 Å². The molecular weight excluding hydrogens is 342 g/mol. The van der Waals surface area contributed by atoms with Crippen molar-refractivity contribution in [2.45, 2.75) is 69.9 Å². The standard InChI is InChI=1S/C18H25NO5S/c1-10-4-5-13-11(2)18(20,14-19-8-9-25-14)22-15-17(13)12(10)6-7-16(3,21-15)23-24-17/h8-13,15,20H,4-7H2,1-3H3/t10-,11?,12?,13?,15?,16?,17-,18?/m1/s1. The van der Waals surface area contributed by atoms with E-state index in [1.165, 1.54) is 11.3 Å². The number of aromatic nitrogens is 1. The molecule has 5 fully saturated rings. The van der Waals surface area contributed by atoms with Gasteiger partial charge in [0.25, 0.3) is 0 Å². The number of ether oxygens (including phenoxy) is 2. The maximum absolute atomic E-state index is 11.5. The highest BCUT2D eigenvalue weighted by Crippen LogP contribution is 2.63. The molecule has 1 spiro atoms. The van der Waals surface area contributed by atoms with Crippen molar-refractivity contribution in [3.63, 3.8) is 0 Å². The summed E-state index contributed by atoms with van der Waals surface area (Å²) in [7, 11) is 0. The van der Waals surface area contributed by atoms with E-state index in [1.807, 2.05) is 19.2 Å². The smallest absolute Gasteiger partial charge is 0.225 e. The number of rotatable bonds is 1. The summed E-state index contributed by atoms with van der Waals surface area (Å²) in [4.78, 5) is 16.2. The lowest BCUT2D eigenvalue weighted by Crippen LogP contribution is -2.72. The average molecular weight is 367 g/mol. The van der Waals surface area contributed by atoms with E-state index in [4.69, 9.17) is 19.2 Å². The van der Waals surface area contributed by atoms with Crippen LogP contribution in [0.3, 0.4) is 0 Å². The molecule has 0 radical (unpaired) electrons. The molecule has 1 aliphatic carbocycles. The molecule has 25 heavy (non-hydrogen) atoms. The molecule has 138 valence electrons. The van der Waals surface area contributed by atoms with Crippen LogP contribution in [0.5, 0.6) is 0 Å². The molecule has 2 bridgehead atoms. The largest absolute Gasteiger partial charge is 0.360 e. The van der Waals surface area contributed by atoms with Crippen LogP contribution in [-0.2, 0) is 25.0 Å². The number of aliphatic hydroxyl groups is 1. The molecule has 5 heterocycles. The Balaban J connectivity index is 1.64. The van der Waals surface area contributed by atoms with Crippen LogP contribution in [-0.4, -0.2) is 27.8 Å². The van der Waals surface area contributed by atoms with Gasteiger partial charge in [0, 0.05) is 29.8 Å². The first-order valence-corrected chi connectivity index (χ1v) is 10.1. The monoisotopic (exact) mass is 367 g/mol. The van der Waals surface area contributed by atoms with E-state index in [2.05, 4.69) is 11.9 Å². The van der Waals surface area contributed by atoms with E-state index >= 15 is 0 Å². The van der Waals surface area contributed by atoms with E-state index < -0.39 is 23.5 Å². The van der Waals surface area contributed by atoms with Gasteiger partial charge >= 0.3 is 0 Å². The fourth-order valence-electron chi connectivity index (χ4n) is 5.57. The third kappa shape index (κ3) is 2.05. The fraction of sp³-hybridized carbons (Fsp3) is 0.833. The van der Waals surface area contributed by atoms with Gasteiger partial charge in [0.05, 0.1) is 0 Å². The summed E-state index contributed by atoms with van der Waals surface area (Å²) in [6.07, 6.45) is 4.86. The zero-order chi connectivity index (χ0) is 17.4. The Bertz CT molecular complexity index is 670. The number of hydrogen-bond acceptors (Lipinski definition) is 7. The normalized spacial score (nSPS) is 54.8. The maximum atomic E-state index is 11.5. The van der Waals surface area contributed by atoms with Crippen LogP contribution in [0.25, 0.3) is 0 Å². The molecule has 0 aromatic carbocycles. The molecule has 5 aliphatic rings. The number of nitrogens with zero attached hydrogens (tertiary/aromatic N) is 1. The second-order valence-electron chi connectivity index (χ2n) is 8.35. The highest BCUT2D eigenvalue weighted by molar-refractivity contribution is 7.09. The summed E-state index contributed by atoms with van der Waals surface area (Å²) < 4.78 is 12.5. The molecule has 1 aromatic heterocycles. The van der Waals surface area contributed by atoms with E-state index in [9.17, 15) is 5.11 Å². The van der Waals surface area contributed by atoms with Gasteiger partial charge < -0.3 is 14.6 Å². The van der Waals surface area contributed by atoms with Crippen LogP contribution in [0.2, 0.25) is 0 Å². The molecule has 1 N–H and O–H groups in total. The first-order valence-electron chi connectivity index (χ1n) is 9.24. The summed E-state index contributed by atoms with van der Waals surface area (Å²) in [6.45, 7) is 6.20. The average Bonchev–Trinajstić information content (AvgIpc) is 3.03. The van der Waals surface area contributed by atoms with E-state index in [0.29, 0.717) is 16.8 Å². The second kappa shape index (κ2) is 5.24. The van der Waals surface area contributed by atoms with Crippen molar-refractivity contribution in [1.82, 2.24) is 4.98 Å². The Morgan fingerprint density at radius 2 is 2.00 bits per heavy atom. The van der Waals surface area contributed by atoms with Gasteiger partial charge in [-0.1, -0.05) is 13.8 Å². The van der Waals surface area contributed by atoms with Crippen LogP contribution in [0.4, 0.5) is 0 Å². The van der Waals surface area contributed by atoms with Crippen molar-refractivity contribution in [1.29, 1.82) is 0 Å². The van der Waals surface area contributed by atoms with E-state index in [0.717, 1.165) is 25.7 Å². The molecule has 4 saturated heterocycles. The third-order valence-electron chi connectivity index (χ3n) is 7.02. The molecule has 6 unspecified atom stereocenters. The lowest BCUT2D eigenvalue weighted by molar-refractivity contribution is -0.587. The van der Waals surface area contributed by atoms with E-state index in [1.54, 1.807) is 6.20 Å². The molecule has 4 aliphatic heterocycles. The van der Waals surface area contributed by atoms with Crippen molar-refractivity contribution in [3.05, 3.63) is 16.6 Å². The van der Waals surface area contributed by atoms with Crippen LogP contribution in [0.15, 0.2) is 11.6 Å². The van der Waals surface area contributed by atoms with E-state index in [-0.39, 0.29) is 11.8 Å². The van der Waals surface area contributed by atoms with Gasteiger partial charge in [0.1, 0.15) is 0 Å². The Labute approximate surface area is 151 Å². The van der Waals surface area contributed by atoms with Crippen molar-refractivity contribution in [2.24, 2.45) is 23.7 Å². The van der Waals surface area contributed by atoms with Crippen LogP contribution in [0.1, 0.15) is 51.5 Å². The van der Waals surface area contributed by atoms with Gasteiger partial charge in [0.2, 0.25) is 11.6 Å². The summed E-state index contributed by atoms with van der Waals surface area (Å²) in [6, 6.07) is 0. The van der Waals surface area contributed by atoms with Crippen molar-refractivity contribution >= 4 is 11.3 Å². The molecule has 6 nitrogen and oxygen atoms in total. The molecule has 7 heteroatoms. The molecule has 8 atom stereocenters. The van der Waals surface area contributed by atoms with Crippen LogP contribution < -0.4 is 0 Å². The van der Waals surface area contributed by atoms with Crippen molar-refractivity contribution in [2.75, 3.05) is 0 Å². The summed E-state index contributed by atoms with van der Waals surface area (Å²) >= 11 is 1.41. The summed E-state index contributed by atoms with van der Waals surface area (Å²) in [5.74, 6) is -1.56. The van der Waals surface area contributed by atoms with Crippen molar-refractivity contribution in [3.8, 4) is 0 Å². The third-order valence-corrected chi connectivity index (χ3v) is 7.90. The first-order chi connectivity index (χ1) is 11.9. The minimum absolute atomic E-state index is 0.0870. The summed E-state index contributed by atoms with van der Waals surface area (Å²) in [5, 5.41) is 13.9.